The zero-order valence-corrected chi connectivity index (χ0v) is 16.1. The molecule has 1 aromatic rings. The maximum atomic E-state index is 12.0. The first-order chi connectivity index (χ1) is 11.3. The molecule has 142 valence electrons. The van der Waals surface area contributed by atoms with Gasteiger partial charge in [0.05, 0.1) is 17.9 Å². The molecule has 0 radical (unpaired) electrons. The van der Waals surface area contributed by atoms with Crippen LogP contribution in [-0.4, -0.2) is 38.5 Å². The van der Waals surface area contributed by atoms with Crippen molar-refractivity contribution in [1.29, 1.82) is 0 Å². The predicted octanol–water partition coefficient (Wildman–Crippen LogP) is 1.81. The van der Waals surface area contributed by atoms with Crippen LogP contribution in [0, 0.1) is 0 Å². The largest absolute Gasteiger partial charge is 0.490 e. The normalized spacial score (nSPS) is 16.1. The van der Waals surface area contributed by atoms with Crippen LogP contribution in [0.15, 0.2) is 24.3 Å². The number of sulfone groups is 1. The van der Waals surface area contributed by atoms with Crippen molar-refractivity contribution >= 4 is 28.2 Å². The summed E-state index contributed by atoms with van der Waals surface area (Å²) in [6.45, 7) is 0.314. The number of ether oxygens (including phenoxy) is 1. The number of amides is 1. The van der Waals surface area contributed by atoms with Gasteiger partial charge in [-0.25, -0.2) is 8.42 Å². The molecule has 0 heterocycles. The molecule has 1 amide bonds. The fourth-order valence-corrected chi connectivity index (χ4v) is 3.42. The second-order valence-corrected chi connectivity index (χ2v) is 8.63. The van der Waals surface area contributed by atoms with Crippen LogP contribution in [0.25, 0.3) is 0 Å². The van der Waals surface area contributed by atoms with E-state index < -0.39 is 15.9 Å². The summed E-state index contributed by atoms with van der Waals surface area (Å²) >= 11 is 0. The summed E-state index contributed by atoms with van der Waals surface area (Å²) in [5, 5.41) is 2.76. The van der Waals surface area contributed by atoms with Crippen molar-refractivity contribution in [3.8, 4) is 5.75 Å². The van der Waals surface area contributed by atoms with E-state index in [1.54, 1.807) is 0 Å². The molecule has 1 aliphatic carbocycles. The molecule has 0 aromatic heterocycles. The Balaban J connectivity index is 0.00000312. The van der Waals surface area contributed by atoms with Crippen molar-refractivity contribution in [1.82, 2.24) is 5.32 Å². The van der Waals surface area contributed by atoms with Crippen LogP contribution in [0.2, 0.25) is 0 Å². The SMILES string of the molecule is CS(=O)(=O)CCC(N)C(=O)NCc1ccccc1OC1CCCC1.Cl. The van der Waals surface area contributed by atoms with Gasteiger partial charge in [0.2, 0.25) is 5.91 Å². The number of benzene rings is 1. The lowest BCUT2D eigenvalue weighted by Crippen LogP contribution is -2.41. The first-order valence-corrected chi connectivity index (χ1v) is 10.4. The number of hydrogen-bond acceptors (Lipinski definition) is 5. The average molecular weight is 391 g/mol. The Kier molecular flexibility index (Phi) is 8.68. The van der Waals surface area contributed by atoms with Gasteiger partial charge in [-0.15, -0.1) is 12.4 Å². The summed E-state index contributed by atoms with van der Waals surface area (Å²) in [7, 11) is -3.12. The van der Waals surface area contributed by atoms with Crippen LogP contribution < -0.4 is 15.8 Å². The van der Waals surface area contributed by atoms with E-state index in [0.29, 0.717) is 6.54 Å². The molecular weight excluding hydrogens is 364 g/mol. The molecule has 2 rings (SSSR count). The fourth-order valence-electron chi connectivity index (χ4n) is 2.74. The van der Waals surface area contributed by atoms with Gasteiger partial charge >= 0.3 is 0 Å². The summed E-state index contributed by atoms with van der Waals surface area (Å²) in [6, 6.07) is 6.79. The van der Waals surface area contributed by atoms with Gasteiger partial charge in [0.15, 0.2) is 0 Å². The van der Waals surface area contributed by atoms with Gasteiger partial charge < -0.3 is 15.8 Å². The number of rotatable bonds is 8. The van der Waals surface area contributed by atoms with Crippen molar-refractivity contribution in [3.05, 3.63) is 29.8 Å². The first kappa shape index (κ1) is 21.7. The lowest BCUT2D eigenvalue weighted by molar-refractivity contribution is -0.122. The Morgan fingerprint density at radius 1 is 1.32 bits per heavy atom. The van der Waals surface area contributed by atoms with E-state index in [4.69, 9.17) is 10.5 Å². The highest BCUT2D eigenvalue weighted by molar-refractivity contribution is 7.90. The number of nitrogens with one attached hydrogen (secondary N) is 1. The molecule has 0 spiro atoms. The molecule has 1 aliphatic rings. The highest BCUT2D eigenvalue weighted by Crippen LogP contribution is 2.26. The van der Waals surface area contributed by atoms with Crippen LogP contribution >= 0.6 is 12.4 Å². The minimum atomic E-state index is -3.12. The third-order valence-corrected chi connectivity index (χ3v) is 5.14. The summed E-state index contributed by atoms with van der Waals surface area (Å²) in [4.78, 5) is 12.0. The molecule has 0 bridgehead atoms. The second-order valence-electron chi connectivity index (χ2n) is 6.37. The van der Waals surface area contributed by atoms with E-state index in [0.717, 1.165) is 30.4 Å². The Hall–Kier alpha value is -1.31. The van der Waals surface area contributed by atoms with Crippen LogP contribution in [0.3, 0.4) is 0 Å². The summed E-state index contributed by atoms with van der Waals surface area (Å²) in [5.74, 6) is 0.340. The van der Waals surface area contributed by atoms with Gasteiger partial charge in [0.1, 0.15) is 15.6 Å². The monoisotopic (exact) mass is 390 g/mol. The van der Waals surface area contributed by atoms with E-state index >= 15 is 0 Å². The molecule has 0 aliphatic heterocycles. The Bertz CT molecular complexity index is 660. The van der Waals surface area contributed by atoms with Gasteiger partial charge in [-0.1, -0.05) is 18.2 Å². The van der Waals surface area contributed by atoms with Crippen molar-refractivity contribution in [3.63, 3.8) is 0 Å². The van der Waals surface area contributed by atoms with Gasteiger partial charge in [0, 0.05) is 18.4 Å². The predicted molar refractivity (Wildman–Crippen MR) is 101 cm³/mol. The molecule has 1 atom stereocenters. The van der Waals surface area contributed by atoms with Gasteiger partial charge in [-0.3, -0.25) is 4.79 Å². The Morgan fingerprint density at radius 3 is 2.60 bits per heavy atom. The smallest absolute Gasteiger partial charge is 0.237 e. The average Bonchev–Trinajstić information content (AvgIpc) is 3.03. The molecule has 6 nitrogen and oxygen atoms in total. The van der Waals surface area contributed by atoms with Crippen LogP contribution in [-0.2, 0) is 21.2 Å². The molecule has 1 unspecified atom stereocenters. The molecule has 0 saturated heterocycles. The molecular formula is C17H27ClN2O4S. The van der Waals surface area contributed by atoms with Crippen molar-refractivity contribution < 1.29 is 17.9 Å². The summed E-state index contributed by atoms with van der Waals surface area (Å²) in [6.07, 6.45) is 6.02. The summed E-state index contributed by atoms with van der Waals surface area (Å²) in [5.41, 5.74) is 6.65. The third kappa shape index (κ3) is 7.63. The molecule has 1 aromatic carbocycles. The first-order valence-electron chi connectivity index (χ1n) is 8.31. The van der Waals surface area contributed by atoms with E-state index in [-0.39, 0.29) is 36.6 Å². The van der Waals surface area contributed by atoms with Gasteiger partial charge in [-0.2, -0.15) is 0 Å². The fraction of sp³-hybridized carbons (Fsp3) is 0.588. The number of hydrogen-bond donors (Lipinski definition) is 2. The summed E-state index contributed by atoms with van der Waals surface area (Å²) < 4.78 is 28.3. The molecule has 1 saturated carbocycles. The van der Waals surface area contributed by atoms with Gasteiger partial charge in [-0.05, 0) is 38.2 Å². The third-order valence-electron chi connectivity index (χ3n) is 4.16. The van der Waals surface area contributed by atoms with Crippen molar-refractivity contribution in [2.75, 3.05) is 12.0 Å². The quantitative estimate of drug-likeness (QED) is 0.705. The second kappa shape index (κ2) is 9.99. The zero-order chi connectivity index (χ0) is 17.6. The minimum Gasteiger partial charge on any atom is -0.490 e. The van der Waals surface area contributed by atoms with Crippen molar-refractivity contribution in [2.24, 2.45) is 5.73 Å². The molecule has 8 heteroatoms. The van der Waals surface area contributed by atoms with E-state index in [9.17, 15) is 13.2 Å². The van der Waals surface area contributed by atoms with E-state index in [2.05, 4.69) is 5.32 Å². The molecule has 3 N–H and O–H groups in total. The Labute approximate surface area is 155 Å². The lowest BCUT2D eigenvalue weighted by Gasteiger charge is -2.17. The maximum Gasteiger partial charge on any atom is 0.237 e. The molecule has 1 fully saturated rings. The standard InChI is InChI=1S/C17H26N2O4S.ClH/c1-24(21,22)11-10-15(18)17(20)19-12-13-6-2-5-9-16(13)23-14-7-3-4-8-14;/h2,5-6,9,14-15H,3-4,7-8,10-12,18H2,1H3,(H,19,20);1H. The molecule has 25 heavy (non-hydrogen) atoms. The van der Waals surface area contributed by atoms with E-state index in [1.165, 1.54) is 12.8 Å². The highest BCUT2D eigenvalue weighted by Gasteiger charge is 2.19. The number of para-hydroxylation sites is 1. The maximum absolute atomic E-state index is 12.0. The Morgan fingerprint density at radius 2 is 1.96 bits per heavy atom. The number of halogens is 1. The van der Waals surface area contributed by atoms with Crippen molar-refractivity contribution in [2.45, 2.75) is 50.8 Å². The van der Waals surface area contributed by atoms with Gasteiger partial charge in [0.25, 0.3) is 0 Å². The van der Waals surface area contributed by atoms with Crippen LogP contribution in [0.5, 0.6) is 5.75 Å². The number of carbonyl (C=O) groups excluding carboxylic acids is 1. The van der Waals surface area contributed by atoms with Crippen LogP contribution in [0.4, 0.5) is 0 Å². The van der Waals surface area contributed by atoms with Crippen LogP contribution in [0.1, 0.15) is 37.7 Å². The topological polar surface area (TPSA) is 98.5 Å². The lowest BCUT2D eigenvalue weighted by atomic mass is 10.1. The number of carbonyl (C=O) groups is 1. The minimum absolute atomic E-state index is 0. The highest BCUT2D eigenvalue weighted by atomic mass is 35.5. The van der Waals surface area contributed by atoms with E-state index in [1.807, 2.05) is 24.3 Å². The zero-order valence-electron chi connectivity index (χ0n) is 14.4. The number of nitrogens with two attached hydrogens (primary N) is 1.